The lowest BCUT2D eigenvalue weighted by molar-refractivity contribution is -0.501. The first-order valence-electron chi connectivity index (χ1n) is 2.72. The lowest BCUT2D eigenvalue weighted by Gasteiger charge is -1.89. The van der Waals surface area contributed by atoms with Crippen LogP contribution in [0.5, 0.6) is 0 Å². The first-order valence-corrected chi connectivity index (χ1v) is 4.61. The highest BCUT2D eigenvalue weighted by atomic mass is 28.2. The van der Waals surface area contributed by atoms with E-state index in [2.05, 4.69) is 28.6 Å². The van der Waals surface area contributed by atoms with Crippen LogP contribution in [0.1, 0.15) is 0 Å². The highest BCUT2D eigenvalue weighted by molar-refractivity contribution is 6.30. The van der Waals surface area contributed by atoms with Crippen molar-refractivity contribution in [3.8, 4) is 0 Å². The third-order valence-corrected chi connectivity index (χ3v) is 4.25. The molecule has 0 spiro atoms. The molecule has 0 N–H and O–H groups in total. The summed E-state index contributed by atoms with van der Waals surface area (Å²) in [5, 5.41) is 1.49. The highest BCUT2D eigenvalue weighted by Crippen LogP contribution is 1.68. The van der Waals surface area contributed by atoms with E-state index in [1.165, 1.54) is 15.6 Å². The van der Waals surface area contributed by atoms with E-state index in [0.29, 0.717) is 0 Å². The average Bonchev–Trinajstić information content (AvgIpc) is 1.77. The van der Waals surface area contributed by atoms with Gasteiger partial charge in [0.25, 0.3) is 0 Å². The fourth-order valence-electron chi connectivity index (χ4n) is 0.609. The van der Waals surface area contributed by atoms with Gasteiger partial charge in [0.15, 0.2) is 0 Å². The van der Waals surface area contributed by atoms with Crippen molar-refractivity contribution >= 4 is 26.0 Å². The molecule has 0 aromatic carbocycles. The molecule has 3 heteroatoms. The van der Waals surface area contributed by atoms with Gasteiger partial charge < -0.3 is 0 Å². The van der Waals surface area contributed by atoms with Crippen LogP contribution in [0.25, 0.3) is 0 Å². The van der Waals surface area contributed by atoms with Crippen LogP contribution < -0.4 is 9.55 Å². The number of hydrogen-bond acceptors (Lipinski definition) is 0. The van der Waals surface area contributed by atoms with Gasteiger partial charge in [-0.05, 0) is 12.1 Å². The zero-order chi connectivity index (χ0) is 5.98. The van der Waals surface area contributed by atoms with Crippen molar-refractivity contribution in [1.29, 1.82) is 0 Å². The summed E-state index contributed by atoms with van der Waals surface area (Å²) < 4.78 is 2.28. The molecule has 1 nitrogen and oxygen atoms in total. The molecule has 0 aliphatic heterocycles. The van der Waals surface area contributed by atoms with Crippen molar-refractivity contribution in [3.63, 3.8) is 0 Å². The Morgan fingerprint density at radius 1 is 1.38 bits per heavy atom. The topological polar surface area (TPSA) is 3.88 Å². The van der Waals surface area contributed by atoms with E-state index in [-0.39, 0.29) is 0 Å². The molecule has 0 fully saturated rings. The predicted molar refractivity (Wildman–Crippen MR) is 41.5 cm³/mol. The average molecular weight is 140 g/mol. The number of rotatable bonds is 0. The maximum absolute atomic E-state index is 2.28. The Morgan fingerprint density at radius 3 is 2.50 bits per heavy atom. The van der Waals surface area contributed by atoms with Crippen molar-refractivity contribution in [3.05, 3.63) is 24.4 Å². The van der Waals surface area contributed by atoms with Crippen LogP contribution in [0.4, 0.5) is 0 Å². The molecule has 0 unspecified atom stereocenters. The van der Waals surface area contributed by atoms with Gasteiger partial charge in [-0.15, -0.1) is 0 Å². The minimum absolute atomic E-state index is 1.13. The standard InChI is InChI=1S/C5H10NSi2/c7-5-3-1-2-4-6(5)8/h1-4H,7-8H3/q+1. The smallest absolute Gasteiger partial charge is 0.290 e. The summed E-state index contributed by atoms with van der Waals surface area (Å²) in [6, 6.07) is 6.35. The normalized spacial score (nSPS) is 10.0. The van der Waals surface area contributed by atoms with E-state index < -0.39 is 0 Å². The van der Waals surface area contributed by atoms with E-state index in [1.54, 1.807) is 0 Å². The number of pyridine rings is 1. The third-order valence-electron chi connectivity index (χ3n) is 1.31. The van der Waals surface area contributed by atoms with Crippen LogP contribution in [0.15, 0.2) is 24.4 Å². The molecule has 0 amide bonds. The van der Waals surface area contributed by atoms with Crippen LogP contribution in [0.3, 0.4) is 0 Å². The quantitative estimate of drug-likeness (QED) is 0.340. The van der Waals surface area contributed by atoms with Gasteiger partial charge in [-0.1, -0.05) is 6.07 Å². The van der Waals surface area contributed by atoms with E-state index >= 15 is 0 Å². The molecule has 1 aromatic rings. The summed E-state index contributed by atoms with van der Waals surface area (Å²) in [6.45, 7) is 0. The van der Waals surface area contributed by atoms with Gasteiger partial charge in [0.05, 0.1) is 0 Å². The van der Waals surface area contributed by atoms with Crippen LogP contribution >= 0.6 is 0 Å². The molecule has 0 aliphatic carbocycles. The number of hydrogen-bond donors (Lipinski definition) is 0. The van der Waals surface area contributed by atoms with Gasteiger partial charge >= 0.3 is 10.4 Å². The summed E-state index contributed by atoms with van der Waals surface area (Å²) in [6.07, 6.45) is 2.13. The lowest BCUT2D eigenvalue weighted by Crippen LogP contribution is -2.47. The fraction of sp³-hybridized carbons (Fsp3) is 0. The Labute approximate surface area is 55.3 Å². The molecule has 8 heavy (non-hydrogen) atoms. The maximum Gasteiger partial charge on any atom is 0.317 e. The van der Waals surface area contributed by atoms with Crippen molar-refractivity contribution in [2.75, 3.05) is 0 Å². The van der Waals surface area contributed by atoms with Crippen LogP contribution in [0.2, 0.25) is 0 Å². The SMILES string of the molecule is [SiH3]c1cccc[n+]1[SiH3]. The Balaban J connectivity index is 3.13. The molecule has 0 saturated heterocycles. The summed E-state index contributed by atoms with van der Waals surface area (Å²) in [7, 11) is 2.30. The second-order valence-electron chi connectivity index (χ2n) is 1.95. The highest BCUT2D eigenvalue weighted by Gasteiger charge is 1.90. The van der Waals surface area contributed by atoms with Gasteiger partial charge in [-0.2, -0.15) is 0 Å². The largest absolute Gasteiger partial charge is 0.317 e. The molecular weight excluding hydrogens is 130 g/mol. The van der Waals surface area contributed by atoms with E-state index in [9.17, 15) is 0 Å². The minimum atomic E-state index is 1.13. The van der Waals surface area contributed by atoms with Gasteiger partial charge in [0, 0.05) is 0 Å². The van der Waals surface area contributed by atoms with E-state index in [1.807, 2.05) is 0 Å². The Morgan fingerprint density at radius 2 is 2.12 bits per heavy atom. The van der Waals surface area contributed by atoms with Gasteiger partial charge in [-0.3, -0.25) is 4.23 Å². The van der Waals surface area contributed by atoms with E-state index in [0.717, 1.165) is 10.4 Å². The van der Waals surface area contributed by atoms with Crippen molar-refractivity contribution in [2.24, 2.45) is 0 Å². The summed E-state index contributed by atoms with van der Waals surface area (Å²) in [5.41, 5.74) is 0. The number of nitrogens with zero attached hydrogens (tertiary/aromatic N) is 1. The molecule has 0 atom stereocenters. The summed E-state index contributed by atoms with van der Waals surface area (Å²) >= 11 is 0. The van der Waals surface area contributed by atoms with E-state index in [4.69, 9.17) is 0 Å². The Kier molecular flexibility index (Phi) is 1.60. The zero-order valence-corrected chi connectivity index (χ0v) is 9.26. The molecule has 0 bridgehead atoms. The van der Waals surface area contributed by atoms with Gasteiger partial charge in [0.1, 0.15) is 21.8 Å². The number of aromatic nitrogens is 1. The molecule has 1 aromatic heterocycles. The van der Waals surface area contributed by atoms with Crippen LogP contribution in [-0.2, 0) is 0 Å². The second kappa shape index (κ2) is 2.23. The first kappa shape index (κ1) is 5.72. The van der Waals surface area contributed by atoms with Crippen LogP contribution in [0, 0.1) is 0 Å². The lowest BCUT2D eigenvalue weighted by atomic mass is 10.5. The molecular formula is C5H10NSi2+. The van der Waals surface area contributed by atoms with Gasteiger partial charge in [-0.25, -0.2) is 0 Å². The van der Waals surface area contributed by atoms with Crippen LogP contribution in [-0.4, -0.2) is 20.6 Å². The third kappa shape index (κ3) is 1.05. The van der Waals surface area contributed by atoms with Crippen molar-refractivity contribution < 1.29 is 4.23 Å². The minimum Gasteiger partial charge on any atom is -0.290 e. The van der Waals surface area contributed by atoms with Crippen molar-refractivity contribution in [1.82, 2.24) is 0 Å². The Hall–Kier alpha value is -0.416. The zero-order valence-electron chi connectivity index (χ0n) is 5.26. The molecule has 0 aliphatic rings. The molecule has 1 heterocycles. The summed E-state index contributed by atoms with van der Waals surface area (Å²) in [5.74, 6) is 0. The fourth-order valence-corrected chi connectivity index (χ4v) is 1.27. The molecule has 0 saturated carbocycles. The first-order chi connectivity index (χ1) is 3.80. The predicted octanol–water partition coefficient (Wildman–Crippen LogP) is -2.91. The summed E-state index contributed by atoms with van der Waals surface area (Å²) in [4.78, 5) is 0. The maximum atomic E-state index is 2.28. The monoisotopic (exact) mass is 140 g/mol. The van der Waals surface area contributed by atoms with Gasteiger partial charge in [0.2, 0.25) is 0 Å². The molecule has 42 valence electrons. The molecule has 1 rings (SSSR count). The molecule has 0 radical (unpaired) electrons. The second-order valence-corrected chi connectivity index (χ2v) is 3.94. The van der Waals surface area contributed by atoms with Crippen molar-refractivity contribution in [2.45, 2.75) is 0 Å². The Bertz CT molecular complexity index is 167.